The van der Waals surface area contributed by atoms with E-state index < -0.39 is 0 Å². The lowest BCUT2D eigenvalue weighted by molar-refractivity contribution is 0.661. The Morgan fingerprint density at radius 3 is 1.71 bits per heavy atom. The van der Waals surface area contributed by atoms with Crippen molar-refractivity contribution in [2.24, 2.45) is 0 Å². The van der Waals surface area contributed by atoms with Crippen molar-refractivity contribution in [1.29, 1.82) is 0 Å². The number of hydrogen-bond donors (Lipinski definition) is 0. The first kappa shape index (κ1) is 30.7. The molecular weight excluding hydrogens is 629 g/mol. The van der Waals surface area contributed by atoms with Crippen LogP contribution in [0, 0.1) is 0 Å². The van der Waals surface area contributed by atoms with Crippen molar-refractivity contribution in [3.63, 3.8) is 0 Å². The standard InChI is InChI=1S/C50H38N2/c1-49(2)42-27-15-23-37(46(42)40-28-32-18-8-9-19-33(32)29-43(40)49)34-20-10-11-22-36(34)44-30-45(52-48(51-44)31-16-6-5-7-17-31)39-25-14-24-38-35-21-12-13-26-41(35)50(3,4)47(38)39/h5-30H,1-4H3. The van der Waals surface area contributed by atoms with E-state index in [-0.39, 0.29) is 10.8 Å². The molecule has 1 heterocycles. The van der Waals surface area contributed by atoms with Gasteiger partial charge in [-0.15, -0.1) is 0 Å². The monoisotopic (exact) mass is 666 g/mol. The van der Waals surface area contributed by atoms with Gasteiger partial charge in [0.1, 0.15) is 0 Å². The van der Waals surface area contributed by atoms with Crippen molar-refractivity contribution < 1.29 is 0 Å². The summed E-state index contributed by atoms with van der Waals surface area (Å²) < 4.78 is 0. The SMILES string of the molecule is CC1(C)c2cc3ccccc3cc2-c2c(-c3ccccc3-c3cc(-c4cccc5c4C(C)(C)c4ccccc4-5)nc(-c4ccccc4)n3)cccc21. The van der Waals surface area contributed by atoms with E-state index in [9.17, 15) is 0 Å². The minimum Gasteiger partial charge on any atom is -0.228 e. The van der Waals surface area contributed by atoms with Gasteiger partial charge in [-0.3, -0.25) is 0 Å². The predicted molar refractivity (Wildman–Crippen MR) is 216 cm³/mol. The summed E-state index contributed by atoms with van der Waals surface area (Å²) in [5.41, 5.74) is 17.9. The summed E-state index contributed by atoms with van der Waals surface area (Å²) in [7, 11) is 0. The zero-order chi connectivity index (χ0) is 35.2. The smallest absolute Gasteiger partial charge is 0.160 e. The quantitative estimate of drug-likeness (QED) is 0.187. The Balaban J connectivity index is 1.21. The number of nitrogens with zero attached hydrogens (tertiary/aromatic N) is 2. The second-order valence-corrected chi connectivity index (χ2v) is 15.4. The van der Waals surface area contributed by atoms with Crippen molar-refractivity contribution in [1.82, 2.24) is 9.97 Å². The highest BCUT2D eigenvalue weighted by molar-refractivity contribution is 6.01. The Hall–Kier alpha value is -6.12. The summed E-state index contributed by atoms with van der Waals surface area (Å²) in [6.07, 6.45) is 0. The van der Waals surface area contributed by atoms with Gasteiger partial charge in [-0.1, -0.05) is 167 Å². The number of aromatic nitrogens is 2. The summed E-state index contributed by atoms with van der Waals surface area (Å²) in [5.74, 6) is 0.727. The zero-order valence-corrected chi connectivity index (χ0v) is 29.9. The summed E-state index contributed by atoms with van der Waals surface area (Å²) in [6.45, 7) is 9.41. The van der Waals surface area contributed by atoms with Gasteiger partial charge in [-0.2, -0.15) is 0 Å². The first-order valence-electron chi connectivity index (χ1n) is 18.3. The molecule has 0 unspecified atom stereocenters. The minimum atomic E-state index is -0.173. The van der Waals surface area contributed by atoms with Crippen LogP contribution in [0.15, 0.2) is 158 Å². The molecule has 0 bridgehead atoms. The van der Waals surface area contributed by atoms with Gasteiger partial charge < -0.3 is 0 Å². The summed E-state index contributed by atoms with van der Waals surface area (Å²) in [4.78, 5) is 10.7. The molecule has 1 aromatic heterocycles. The van der Waals surface area contributed by atoms with Crippen LogP contribution in [0.5, 0.6) is 0 Å². The molecule has 0 aliphatic heterocycles. The Morgan fingerprint density at radius 2 is 0.923 bits per heavy atom. The first-order chi connectivity index (χ1) is 25.3. The van der Waals surface area contributed by atoms with Gasteiger partial charge in [-0.25, -0.2) is 9.97 Å². The van der Waals surface area contributed by atoms with Crippen LogP contribution in [0.2, 0.25) is 0 Å². The molecule has 8 aromatic rings. The Morgan fingerprint density at radius 1 is 0.365 bits per heavy atom. The normalized spacial score (nSPS) is 14.5. The van der Waals surface area contributed by atoms with E-state index >= 15 is 0 Å². The van der Waals surface area contributed by atoms with Crippen molar-refractivity contribution in [3.8, 4) is 67.3 Å². The summed E-state index contributed by atoms with van der Waals surface area (Å²) >= 11 is 0. The van der Waals surface area contributed by atoms with Crippen LogP contribution in [0.4, 0.5) is 0 Å². The van der Waals surface area contributed by atoms with Crippen molar-refractivity contribution >= 4 is 10.8 Å². The molecule has 7 aromatic carbocycles. The van der Waals surface area contributed by atoms with Gasteiger partial charge in [0.05, 0.1) is 11.4 Å². The van der Waals surface area contributed by atoms with Gasteiger partial charge in [-0.05, 0) is 84.6 Å². The third kappa shape index (κ3) is 4.43. The molecule has 0 spiro atoms. The van der Waals surface area contributed by atoms with E-state index in [0.29, 0.717) is 0 Å². The van der Waals surface area contributed by atoms with Crippen LogP contribution in [0.3, 0.4) is 0 Å². The molecule has 0 amide bonds. The van der Waals surface area contributed by atoms with Crippen LogP contribution >= 0.6 is 0 Å². The van der Waals surface area contributed by atoms with E-state index in [1.54, 1.807) is 0 Å². The van der Waals surface area contributed by atoms with Crippen LogP contribution < -0.4 is 0 Å². The van der Waals surface area contributed by atoms with Gasteiger partial charge in [0.15, 0.2) is 5.82 Å². The van der Waals surface area contributed by atoms with Gasteiger partial charge in [0.2, 0.25) is 0 Å². The average Bonchev–Trinajstić information content (AvgIpc) is 3.56. The van der Waals surface area contributed by atoms with Gasteiger partial charge in [0, 0.05) is 27.5 Å². The van der Waals surface area contributed by atoms with E-state index in [2.05, 4.69) is 179 Å². The molecular formula is C50H38N2. The predicted octanol–water partition coefficient (Wildman–Crippen LogP) is 12.9. The fraction of sp³-hybridized carbons (Fsp3) is 0.120. The third-order valence-electron chi connectivity index (χ3n) is 11.7. The molecule has 0 fully saturated rings. The lowest BCUT2D eigenvalue weighted by Gasteiger charge is -2.24. The fourth-order valence-corrected chi connectivity index (χ4v) is 9.14. The van der Waals surface area contributed by atoms with Crippen molar-refractivity contribution in [2.45, 2.75) is 38.5 Å². The maximum absolute atomic E-state index is 5.35. The maximum Gasteiger partial charge on any atom is 0.160 e. The minimum absolute atomic E-state index is 0.125. The maximum atomic E-state index is 5.35. The molecule has 248 valence electrons. The number of fused-ring (bicyclic) bond motifs is 7. The molecule has 2 aliphatic carbocycles. The Bertz CT molecular complexity index is 2730. The van der Waals surface area contributed by atoms with Gasteiger partial charge in [0.25, 0.3) is 0 Å². The highest BCUT2D eigenvalue weighted by Crippen LogP contribution is 2.55. The van der Waals surface area contributed by atoms with E-state index in [4.69, 9.17) is 9.97 Å². The number of benzene rings is 7. The van der Waals surface area contributed by atoms with E-state index in [1.807, 2.05) is 6.07 Å². The topological polar surface area (TPSA) is 25.8 Å². The largest absolute Gasteiger partial charge is 0.228 e. The van der Waals surface area contributed by atoms with Crippen molar-refractivity contribution in [3.05, 3.63) is 180 Å². The Labute approximate surface area is 305 Å². The highest BCUT2D eigenvalue weighted by Gasteiger charge is 2.39. The summed E-state index contributed by atoms with van der Waals surface area (Å²) in [6, 6.07) is 57.3. The van der Waals surface area contributed by atoms with Crippen LogP contribution in [0.1, 0.15) is 49.9 Å². The molecule has 0 saturated carbocycles. The number of hydrogen-bond acceptors (Lipinski definition) is 2. The number of rotatable bonds is 4. The summed E-state index contributed by atoms with van der Waals surface area (Å²) in [5, 5.41) is 2.55. The molecule has 0 atom stereocenters. The molecule has 52 heavy (non-hydrogen) atoms. The first-order valence-corrected chi connectivity index (χ1v) is 18.3. The fourth-order valence-electron chi connectivity index (χ4n) is 9.14. The van der Waals surface area contributed by atoms with Crippen LogP contribution in [-0.2, 0) is 10.8 Å². The molecule has 0 saturated heterocycles. The Kier molecular flexibility index (Phi) is 6.60. The van der Waals surface area contributed by atoms with Crippen molar-refractivity contribution in [2.75, 3.05) is 0 Å². The molecule has 0 N–H and O–H groups in total. The van der Waals surface area contributed by atoms with E-state index in [1.165, 1.54) is 66.4 Å². The second-order valence-electron chi connectivity index (χ2n) is 15.4. The zero-order valence-electron chi connectivity index (χ0n) is 29.9. The molecule has 0 radical (unpaired) electrons. The van der Waals surface area contributed by atoms with Crippen LogP contribution in [0.25, 0.3) is 78.1 Å². The molecule has 2 heteroatoms. The molecule has 2 aliphatic rings. The lowest BCUT2D eigenvalue weighted by atomic mass is 9.79. The lowest BCUT2D eigenvalue weighted by Crippen LogP contribution is -2.16. The van der Waals surface area contributed by atoms with E-state index in [0.717, 1.165) is 33.9 Å². The molecule has 2 nitrogen and oxygen atoms in total. The molecule has 10 rings (SSSR count). The third-order valence-corrected chi connectivity index (χ3v) is 11.7. The second kappa shape index (κ2) is 11.2. The highest BCUT2D eigenvalue weighted by atomic mass is 14.9. The van der Waals surface area contributed by atoms with Gasteiger partial charge >= 0.3 is 0 Å². The average molecular weight is 667 g/mol. The van der Waals surface area contributed by atoms with Crippen LogP contribution in [-0.4, -0.2) is 9.97 Å².